The van der Waals surface area contributed by atoms with Crippen LogP contribution in [0.2, 0.25) is 0 Å². The molecule has 106 valence electrons. The van der Waals surface area contributed by atoms with Gasteiger partial charge in [-0.2, -0.15) is 0 Å². The predicted molar refractivity (Wildman–Crippen MR) is 69.4 cm³/mol. The van der Waals surface area contributed by atoms with Crippen LogP contribution < -0.4 is 19.5 Å². The quantitative estimate of drug-likeness (QED) is 0.601. The third-order valence-corrected chi connectivity index (χ3v) is 2.43. The average molecular weight is 269 g/mol. The summed E-state index contributed by atoms with van der Waals surface area (Å²) in [5, 5.41) is 2.60. The largest absolute Gasteiger partial charge is 0.484 e. The highest BCUT2D eigenvalue weighted by molar-refractivity contribution is 5.77. The van der Waals surface area contributed by atoms with Crippen molar-refractivity contribution in [3.63, 3.8) is 0 Å². The number of hydrogen-bond donors (Lipinski definition) is 1. The molecule has 0 radical (unpaired) electrons. The fourth-order valence-electron chi connectivity index (χ4n) is 1.51. The first-order valence-electron chi connectivity index (χ1n) is 6.16. The number of fused-ring (bicyclic) bond motifs is 1. The summed E-state index contributed by atoms with van der Waals surface area (Å²) in [6, 6.07) is 5.18. The van der Waals surface area contributed by atoms with Gasteiger partial charge in [0.25, 0.3) is 5.91 Å². The van der Waals surface area contributed by atoms with Gasteiger partial charge in [0.1, 0.15) is 12.5 Å². The lowest BCUT2D eigenvalue weighted by Crippen LogP contribution is -2.30. The van der Waals surface area contributed by atoms with E-state index in [0.717, 1.165) is 6.42 Å². The molecule has 0 aromatic heterocycles. The van der Waals surface area contributed by atoms with Crippen LogP contribution in [0.3, 0.4) is 0 Å². The van der Waals surface area contributed by atoms with E-state index in [2.05, 4.69) is 5.32 Å². The molecule has 0 aliphatic carbocycles. The highest BCUT2D eigenvalue weighted by Crippen LogP contribution is 2.34. The molecule has 1 aliphatic heterocycles. The molecular formula is C13H19NO5. The second-order valence-corrected chi connectivity index (χ2v) is 3.96. The maximum atomic E-state index is 11.4. The lowest BCUT2D eigenvalue weighted by molar-refractivity contribution is -0.124. The minimum atomic E-state index is -0.228. The second kappa shape index (κ2) is 6.84. The lowest BCUT2D eigenvalue weighted by Gasteiger charge is -2.08. The molecule has 0 saturated carbocycles. The Bertz CT molecular complexity index is 441. The molecule has 0 spiro atoms. The lowest BCUT2D eigenvalue weighted by atomic mass is 10.3. The summed E-state index contributed by atoms with van der Waals surface area (Å²) in [6.07, 6.45) is 0.920. The normalized spacial score (nSPS) is 12.3. The summed E-state index contributed by atoms with van der Waals surface area (Å²) in [6.45, 7) is 2.99. The van der Waals surface area contributed by atoms with Crippen molar-refractivity contribution in [2.75, 3.05) is 26.7 Å². The molecular weight excluding hydrogens is 250 g/mol. The van der Waals surface area contributed by atoms with Gasteiger partial charge in [-0.05, 0) is 18.6 Å². The van der Waals surface area contributed by atoms with Crippen molar-refractivity contribution in [2.45, 2.75) is 13.3 Å². The zero-order chi connectivity index (χ0) is 13.5. The Kier molecular flexibility index (Phi) is 4.85. The van der Waals surface area contributed by atoms with Gasteiger partial charge in [-0.3, -0.25) is 4.79 Å². The fourth-order valence-corrected chi connectivity index (χ4v) is 1.51. The maximum absolute atomic E-state index is 11.4. The van der Waals surface area contributed by atoms with Gasteiger partial charge in [-0.25, -0.2) is 0 Å². The van der Waals surface area contributed by atoms with Crippen LogP contribution in [-0.4, -0.2) is 32.6 Å². The molecule has 1 heterocycles. The Labute approximate surface area is 113 Å². The van der Waals surface area contributed by atoms with Gasteiger partial charge >= 0.3 is 0 Å². The smallest absolute Gasteiger partial charge is 0.259 e. The number of ether oxygens (including phenoxy) is 4. The molecule has 0 bridgehead atoms. The summed E-state index contributed by atoms with van der Waals surface area (Å²) in [4.78, 5) is 11.4. The minimum Gasteiger partial charge on any atom is -0.484 e. The second-order valence-electron chi connectivity index (χ2n) is 3.96. The molecule has 19 heavy (non-hydrogen) atoms. The molecule has 1 amide bonds. The van der Waals surface area contributed by atoms with Crippen LogP contribution in [0.15, 0.2) is 18.2 Å². The van der Waals surface area contributed by atoms with Crippen molar-refractivity contribution >= 4 is 5.91 Å². The Hall–Kier alpha value is -1.95. The third kappa shape index (κ3) is 4.03. The molecule has 1 aliphatic rings. The van der Waals surface area contributed by atoms with Gasteiger partial charge in [-0.15, -0.1) is 0 Å². The topological polar surface area (TPSA) is 66.0 Å². The van der Waals surface area contributed by atoms with Crippen molar-refractivity contribution in [2.24, 2.45) is 0 Å². The van der Waals surface area contributed by atoms with Crippen LogP contribution in [0.5, 0.6) is 17.2 Å². The molecule has 0 saturated heterocycles. The standard InChI is InChI=1S/C13H17NO5.H2/c1-2-5-16-8-14-13(15)7-17-10-3-4-11-12(6-10)19-9-18-11;/h3-4,6H,2,5,7-9H2,1H3,(H,14,15);1H. The van der Waals surface area contributed by atoms with Crippen LogP contribution >= 0.6 is 0 Å². The SMILES string of the molecule is CCCOCNC(=O)COc1ccc2c(c1)OCO2.[HH]. The molecule has 0 fully saturated rings. The first-order valence-corrected chi connectivity index (χ1v) is 6.16. The zero-order valence-corrected chi connectivity index (χ0v) is 10.8. The van der Waals surface area contributed by atoms with E-state index in [0.29, 0.717) is 23.9 Å². The zero-order valence-electron chi connectivity index (χ0n) is 10.8. The summed E-state index contributed by atoms with van der Waals surface area (Å²) >= 11 is 0. The third-order valence-electron chi connectivity index (χ3n) is 2.43. The van der Waals surface area contributed by atoms with Crippen molar-refractivity contribution in [3.05, 3.63) is 18.2 Å². The van der Waals surface area contributed by atoms with E-state index in [1.54, 1.807) is 18.2 Å². The highest BCUT2D eigenvalue weighted by Gasteiger charge is 2.14. The summed E-state index contributed by atoms with van der Waals surface area (Å²) in [5.74, 6) is 1.65. The van der Waals surface area contributed by atoms with Crippen LogP contribution in [0.25, 0.3) is 0 Å². The Balaban J connectivity index is 0.00000200. The van der Waals surface area contributed by atoms with E-state index >= 15 is 0 Å². The number of benzene rings is 1. The van der Waals surface area contributed by atoms with Crippen molar-refractivity contribution < 1.29 is 25.2 Å². The van der Waals surface area contributed by atoms with Gasteiger partial charge in [-0.1, -0.05) is 6.92 Å². The Morgan fingerprint density at radius 3 is 3.11 bits per heavy atom. The van der Waals surface area contributed by atoms with E-state index in [1.807, 2.05) is 6.92 Å². The van der Waals surface area contributed by atoms with E-state index in [4.69, 9.17) is 18.9 Å². The highest BCUT2D eigenvalue weighted by atomic mass is 16.7. The fraction of sp³-hybridized carbons (Fsp3) is 0.462. The number of nitrogens with one attached hydrogen (secondary N) is 1. The average Bonchev–Trinajstić information content (AvgIpc) is 2.89. The molecule has 6 heteroatoms. The van der Waals surface area contributed by atoms with E-state index in [-0.39, 0.29) is 27.5 Å². The maximum Gasteiger partial charge on any atom is 0.259 e. The molecule has 0 atom stereocenters. The Morgan fingerprint density at radius 1 is 1.42 bits per heavy atom. The first kappa shape index (κ1) is 13.5. The molecule has 6 nitrogen and oxygen atoms in total. The first-order chi connectivity index (χ1) is 9.29. The number of hydrogen-bond acceptors (Lipinski definition) is 5. The summed E-state index contributed by atoms with van der Waals surface area (Å²) in [7, 11) is 0. The minimum absolute atomic E-state index is 0. The van der Waals surface area contributed by atoms with E-state index < -0.39 is 0 Å². The number of amides is 1. The van der Waals surface area contributed by atoms with Crippen LogP contribution in [-0.2, 0) is 9.53 Å². The Morgan fingerprint density at radius 2 is 2.26 bits per heavy atom. The van der Waals surface area contributed by atoms with Gasteiger partial charge in [0.05, 0.1) is 0 Å². The molecule has 1 aromatic rings. The molecule has 1 aromatic carbocycles. The van der Waals surface area contributed by atoms with E-state index in [9.17, 15) is 4.79 Å². The van der Waals surface area contributed by atoms with Gasteiger partial charge in [0.2, 0.25) is 6.79 Å². The number of carbonyl (C=O) groups excluding carboxylic acids is 1. The van der Waals surface area contributed by atoms with Gasteiger partial charge < -0.3 is 24.3 Å². The van der Waals surface area contributed by atoms with Crippen molar-refractivity contribution in [3.8, 4) is 17.2 Å². The molecule has 0 unspecified atom stereocenters. The monoisotopic (exact) mass is 269 g/mol. The van der Waals surface area contributed by atoms with E-state index in [1.165, 1.54) is 0 Å². The number of carbonyl (C=O) groups is 1. The summed E-state index contributed by atoms with van der Waals surface area (Å²) in [5.41, 5.74) is 0. The van der Waals surface area contributed by atoms with Crippen molar-refractivity contribution in [1.29, 1.82) is 0 Å². The molecule has 2 rings (SSSR count). The van der Waals surface area contributed by atoms with Gasteiger partial charge in [0.15, 0.2) is 18.1 Å². The van der Waals surface area contributed by atoms with Crippen LogP contribution in [0, 0.1) is 0 Å². The van der Waals surface area contributed by atoms with Crippen LogP contribution in [0.4, 0.5) is 0 Å². The molecule has 1 N–H and O–H groups in total. The van der Waals surface area contributed by atoms with Crippen LogP contribution in [0.1, 0.15) is 14.8 Å². The summed E-state index contributed by atoms with van der Waals surface area (Å²) < 4.78 is 20.9. The number of rotatable bonds is 7. The van der Waals surface area contributed by atoms with Gasteiger partial charge in [0, 0.05) is 14.1 Å². The predicted octanol–water partition coefficient (Wildman–Crippen LogP) is 1.54. The van der Waals surface area contributed by atoms with Crippen molar-refractivity contribution in [1.82, 2.24) is 5.32 Å².